The largest absolute Gasteiger partial charge is 0.489 e. The molecule has 3 heterocycles. The molecule has 1 N–H and O–H groups in total. The summed E-state index contributed by atoms with van der Waals surface area (Å²) in [5.41, 5.74) is -0.177. The summed E-state index contributed by atoms with van der Waals surface area (Å²) >= 11 is 0. The van der Waals surface area contributed by atoms with Gasteiger partial charge >= 0.3 is 0 Å². The maximum absolute atomic E-state index is 14.4. The quantitative estimate of drug-likeness (QED) is 0.592. The molecule has 0 unspecified atom stereocenters. The van der Waals surface area contributed by atoms with E-state index in [4.69, 9.17) is 13.9 Å². The van der Waals surface area contributed by atoms with Crippen LogP contribution in [0.2, 0.25) is 0 Å². The van der Waals surface area contributed by atoms with E-state index in [1.807, 2.05) is 0 Å². The number of ether oxygens (including phenoxy) is 2. The molecule has 2 aromatic heterocycles. The third-order valence-electron chi connectivity index (χ3n) is 4.65. The molecule has 0 amide bonds. The van der Waals surface area contributed by atoms with Gasteiger partial charge in [0, 0.05) is 36.9 Å². The van der Waals surface area contributed by atoms with Gasteiger partial charge in [-0.05, 0) is 24.3 Å². The minimum atomic E-state index is -0.621. The molecule has 1 fully saturated rings. The summed E-state index contributed by atoms with van der Waals surface area (Å²) in [7, 11) is 0. The molecule has 10 heteroatoms. The van der Waals surface area contributed by atoms with Gasteiger partial charge in [-0.25, -0.2) is 9.37 Å². The minimum Gasteiger partial charge on any atom is -0.489 e. The van der Waals surface area contributed by atoms with E-state index in [9.17, 15) is 14.1 Å². The Kier molecular flexibility index (Phi) is 5.96. The molecular weight excluding hydrogens is 395 g/mol. The number of nitrogens with one attached hydrogen (secondary N) is 1. The molecule has 0 radical (unpaired) electrons. The Morgan fingerprint density at radius 1 is 1.27 bits per heavy atom. The molecule has 30 heavy (non-hydrogen) atoms. The molecule has 156 valence electrons. The number of morpholine rings is 1. The van der Waals surface area contributed by atoms with E-state index in [1.54, 1.807) is 6.07 Å². The highest BCUT2D eigenvalue weighted by molar-refractivity contribution is 5.80. The third-order valence-corrected chi connectivity index (χ3v) is 4.65. The molecule has 1 saturated heterocycles. The lowest BCUT2D eigenvalue weighted by Gasteiger charge is -2.26. The number of hydrogen-bond donors (Lipinski definition) is 1. The van der Waals surface area contributed by atoms with Crippen molar-refractivity contribution in [2.24, 2.45) is 5.18 Å². The van der Waals surface area contributed by atoms with Crippen LogP contribution < -0.4 is 10.3 Å². The summed E-state index contributed by atoms with van der Waals surface area (Å²) in [5.74, 6) is -0.0148. The predicted molar refractivity (Wildman–Crippen MR) is 108 cm³/mol. The number of halogens is 1. The molecule has 1 aliphatic rings. The van der Waals surface area contributed by atoms with Crippen LogP contribution in [0.1, 0.15) is 11.6 Å². The first-order chi connectivity index (χ1) is 14.6. The average molecular weight is 414 g/mol. The van der Waals surface area contributed by atoms with Crippen molar-refractivity contribution >= 4 is 28.9 Å². The fourth-order valence-electron chi connectivity index (χ4n) is 3.10. The van der Waals surface area contributed by atoms with Crippen LogP contribution in [0.5, 0.6) is 5.75 Å². The molecule has 0 aliphatic carbocycles. The maximum Gasteiger partial charge on any atom is 0.260 e. The van der Waals surface area contributed by atoms with E-state index in [1.165, 1.54) is 24.3 Å². The van der Waals surface area contributed by atoms with Crippen molar-refractivity contribution in [3.8, 4) is 5.75 Å². The molecule has 0 bridgehead atoms. The highest BCUT2D eigenvalue weighted by Gasteiger charge is 2.13. The standard InChI is InChI=1S/C20H19FN4O5/c21-15-11-14-16(12-17(15)29-10-7-25-5-8-28-9-6-25)22-18(23-20(14)26)3-1-13-2-4-19(24-27)30-13/h1-4,11-12H,5-10H2,(H,22,23,26)/b3-1+. The Bertz CT molecular complexity index is 1130. The number of nitroso groups, excluding NO2 is 1. The Balaban J connectivity index is 1.52. The first-order valence-corrected chi connectivity index (χ1v) is 9.40. The van der Waals surface area contributed by atoms with Gasteiger partial charge in [-0.2, -0.15) is 0 Å². The third kappa shape index (κ3) is 4.61. The molecule has 9 nitrogen and oxygen atoms in total. The van der Waals surface area contributed by atoms with Gasteiger partial charge in [0.1, 0.15) is 18.2 Å². The van der Waals surface area contributed by atoms with Crippen molar-refractivity contribution in [3.63, 3.8) is 0 Å². The van der Waals surface area contributed by atoms with Gasteiger partial charge in [-0.3, -0.25) is 9.69 Å². The van der Waals surface area contributed by atoms with E-state index in [2.05, 4.69) is 20.0 Å². The average Bonchev–Trinajstić information content (AvgIpc) is 3.22. The zero-order valence-corrected chi connectivity index (χ0v) is 16.0. The Morgan fingerprint density at radius 2 is 2.10 bits per heavy atom. The second-order valence-corrected chi connectivity index (χ2v) is 6.65. The molecule has 1 aromatic carbocycles. The van der Waals surface area contributed by atoms with E-state index in [0.29, 0.717) is 37.6 Å². The SMILES string of the molecule is O=Nc1ccc(/C=C/c2nc3cc(OCCN4CCOCC4)c(F)cc3c(=O)[nH]2)o1. The van der Waals surface area contributed by atoms with Crippen molar-refractivity contribution in [1.29, 1.82) is 0 Å². The predicted octanol–water partition coefficient (Wildman–Crippen LogP) is 2.93. The van der Waals surface area contributed by atoms with Gasteiger partial charge in [-0.1, -0.05) is 0 Å². The van der Waals surface area contributed by atoms with Crippen molar-refractivity contribution < 1.29 is 18.3 Å². The number of nitrogens with zero attached hydrogens (tertiary/aromatic N) is 3. The lowest BCUT2D eigenvalue weighted by Crippen LogP contribution is -2.38. The molecule has 4 rings (SSSR count). The van der Waals surface area contributed by atoms with Crippen LogP contribution in [0.15, 0.2) is 38.7 Å². The van der Waals surface area contributed by atoms with Crippen LogP contribution in [-0.2, 0) is 4.74 Å². The second-order valence-electron chi connectivity index (χ2n) is 6.65. The molecule has 0 spiro atoms. The molecule has 3 aromatic rings. The van der Waals surface area contributed by atoms with Gasteiger partial charge in [-0.15, -0.1) is 4.91 Å². The normalized spacial score (nSPS) is 15.1. The van der Waals surface area contributed by atoms with E-state index in [-0.39, 0.29) is 22.8 Å². The lowest BCUT2D eigenvalue weighted by atomic mass is 10.2. The van der Waals surface area contributed by atoms with Crippen LogP contribution in [0, 0.1) is 10.7 Å². The second kappa shape index (κ2) is 8.97. The number of H-pyrrole nitrogens is 1. The highest BCUT2D eigenvalue weighted by Crippen LogP contribution is 2.22. The van der Waals surface area contributed by atoms with Crippen LogP contribution in [0.25, 0.3) is 23.1 Å². The van der Waals surface area contributed by atoms with Gasteiger partial charge in [0.25, 0.3) is 11.4 Å². The molecule has 1 aliphatic heterocycles. The highest BCUT2D eigenvalue weighted by atomic mass is 19.1. The van der Waals surface area contributed by atoms with Crippen molar-refractivity contribution in [1.82, 2.24) is 14.9 Å². The molecule has 0 atom stereocenters. The van der Waals surface area contributed by atoms with Crippen LogP contribution in [0.4, 0.5) is 10.3 Å². The van der Waals surface area contributed by atoms with E-state index in [0.717, 1.165) is 19.2 Å². The zero-order valence-electron chi connectivity index (χ0n) is 16.0. The number of aromatic amines is 1. The van der Waals surface area contributed by atoms with Crippen molar-refractivity contribution in [3.05, 3.63) is 56.9 Å². The van der Waals surface area contributed by atoms with Crippen molar-refractivity contribution in [2.45, 2.75) is 0 Å². The maximum atomic E-state index is 14.4. The number of benzene rings is 1. The monoisotopic (exact) mass is 414 g/mol. The fraction of sp³-hybridized carbons (Fsp3) is 0.300. The molecule has 0 saturated carbocycles. The lowest BCUT2D eigenvalue weighted by molar-refractivity contribution is 0.0320. The molecular formula is C20H19FN4O5. The van der Waals surface area contributed by atoms with Crippen molar-refractivity contribution in [2.75, 3.05) is 39.5 Å². The fourth-order valence-corrected chi connectivity index (χ4v) is 3.10. The van der Waals surface area contributed by atoms with Crippen LogP contribution in [-0.4, -0.2) is 54.3 Å². The summed E-state index contributed by atoms with van der Waals surface area (Å²) in [4.78, 5) is 31.8. The first kappa shape index (κ1) is 19.9. The smallest absolute Gasteiger partial charge is 0.260 e. The summed E-state index contributed by atoms with van der Waals surface area (Å²) in [6.07, 6.45) is 3.04. The summed E-state index contributed by atoms with van der Waals surface area (Å²) < 4.78 is 30.4. The number of aromatic nitrogens is 2. The minimum absolute atomic E-state index is 0.0384. The number of hydrogen-bond acceptors (Lipinski definition) is 8. The Hall–Kier alpha value is -3.37. The number of fused-ring (bicyclic) bond motifs is 1. The number of rotatable bonds is 7. The summed E-state index contributed by atoms with van der Waals surface area (Å²) in [6, 6.07) is 5.51. The van der Waals surface area contributed by atoms with E-state index >= 15 is 0 Å². The van der Waals surface area contributed by atoms with Gasteiger partial charge < -0.3 is 18.9 Å². The summed E-state index contributed by atoms with van der Waals surface area (Å²) in [6.45, 7) is 3.95. The first-order valence-electron chi connectivity index (χ1n) is 9.40. The van der Waals surface area contributed by atoms with Crippen LogP contribution in [0.3, 0.4) is 0 Å². The summed E-state index contributed by atoms with van der Waals surface area (Å²) in [5, 5.41) is 2.81. The van der Waals surface area contributed by atoms with Crippen LogP contribution >= 0.6 is 0 Å². The number of furan rings is 1. The van der Waals surface area contributed by atoms with Gasteiger partial charge in [0.2, 0.25) is 0 Å². The topological polar surface area (TPSA) is 110 Å². The van der Waals surface area contributed by atoms with Gasteiger partial charge in [0.05, 0.1) is 24.1 Å². The van der Waals surface area contributed by atoms with Gasteiger partial charge in [0.15, 0.2) is 11.6 Å². The Morgan fingerprint density at radius 3 is 2.87 bits per heavy atom. The Labute approximate surface area is 170 Å². The van der Waals surface area contributed by atoms with E-state index < -0.39 is 11.4 Å². The zero-order chi connectivity index (χ0) is 20.9.